The Hall–Kier alpha value is -2.97. The van der Waals surface area contributed by atoms with Crippen molar-refractivity contribution in [1.82, 2.24) is 14.8 Å². The van der Waals surface area contributed by atoms with Gasteiger partial charge in [-0.2, -0.15) is 5.10 Å². The number of carboxylic acids is 1. The van der Waals surface area contributed by atoms with E-state index in [0.29, 0.717) is 6.54 Å². The maximum atomic E-state index is 11.0. The van der Waals surface area contributed by atoms with Gasteiger partial charge in [0, 0.05) is 19.3 Å². The van der Waals surface area contributed by atoms with E-state index in [1.165, 1.54) is 0 Å². The molecule has 0 saturated carbocycles. The van der Waals surface area contributed by atoms with E-state index in [-0.39, 0.29) is 5.82 Å². The molecular weight excluding hydrogens is 266 g/mol. The fraction of sp³-hybridized carbons (Fsp3) is 0.182. The SMILES string of the molecule is Cn1ccc(CNc2cc(C(=O)O)c([N+](=O)[O-])cn2)n1. The smallest absolute Gasteiger partial charge is 0.342 e. The highest BCUT2D eigenvalue weighted by molar-refractivity contribution is 5.93. The Morgan fingerprint density at radius 3 is 2.90 bits per heavy atom. The van der Waals surface area contributed by atoms with Gasteiger partial charge in [-0.05, 0) is 6.07 Å². The summed E-state index contributed by atoms with van der Waals surface area (Å²) in [6.45, 7) is 0.338. The van der Waals surface area contributed by atoms with Crippen molar-refractivity contribution in [1.29, 1.82) is 0 Å². The highest BCUT2D eigenvalue weighted by Crippen LogP contribution is 2.20. The molecule has 9 nitrogen and oxygen atoms in total. The second-order valence-corrected chi connectivity index (χ2v) is 3.98. The first-order chi connectivity index (χ1) is 9.47. The van der Waals surface area contributed by atoms with E-state index in [1.807, 2.05) is 0 Å². The Labute approximate surface area is 113 Å². The van der Waals surface area contributed by atoms with Crippen LogP contribution in [-0.2, 0) is 13.6 Å². The number of carboxylic acid groups (broad SMARTS) is 1. The molecule has 2 N–H and O–H groups in total. The number of pyridine rings is 1. The van der Waals surface area contributed by atoms with Crippen LogP contribution in [0, 0.1) is 10.1 Å². The lowest BCUT2D eigenvalue weighted by atomic mass is 10.2. The van der Waals surface area contributed by atoms with Crippen molar-refractivity contribution in [3.63, 3.8) is 0 Å². The van der Waals surface area contributed by atoms with Gasteiger partial charge in [-0.25, -0.2) is 9.78 Å². The number of rotatable bonds is 5. The Bertz CT molecular complexity index is 667. The third-order valence-electron chi connectivity index (χ3n) is 2.53. The first-order valence-corrected chi connectivity index (χ1v) is 5.57. The Balaban J connectivity index is 2.18. The second-order valence-electron chi connectivity index (χ2n) is 3.98. The van der Waals surface area contributed by atoms with Gasteiger partial charge in [0.2, 0.25) is 0 Å². The summed E-state index contributed by atoms with van der Waals surface area (Å²) in [5.74, 6) is -1.14. The zero-order valence-corrected chi connectivity index (χ0v) is 10.5. The maximum absolute atomic E-state index is 11.0. The van der Waals surface area contributed by atoms with Gasteiger partial charge in [0.15, 0.2) is 0 Å². The number of anilines is 1. The van der Waals surface area contributed by atoms with E-state index < -0.39 is 22.1 Å². The summed E-state index contributed by atoms with van der Waals surface area (Å²) in [4.78, 5) is 24.7. The van der Waals surface area contributed by atoms with Crippen LogP contribution in [0.25, 0.3) is 0 Å². The number of nitrogens with one attached hydrogen (secondary N) is 1. The van der Waals surface area contributed by atoms with Crippen molar-refractivity contribution in [3.05, 3.63) is 45.9 Å². The Kier molecular flexibility index (Phi) is 3.60. The molecule has 0 fully saturated rings. The Morgan fingerprint density at radius 2 is 2.35 bits per heavy atom. The van der Waals surface area contributed by atoms with Crippen molar-refractivity contribution in [2.75, 3.05) is 5.32 Å². The first-order valence-electron chi connectivity index (χ1n) is 5.57. The normalized spacial score (nSPS) is 10.2. The second kappa shape index (κ2) is 5.34. The standard InChI is InChI=1S/C11H11N5O4/c1-15-3-2-7(14-15)5-12-10-4-8(11(17)18)9(6-13-10)16(19)20/h2-4,6H,5H2,1H3,(H,12,13)(H,17,18). The first kappa shape index (κ1) is 13.5. The molecule has 0 aliphatic carbocycles. The average Bonchev–Trinajstić information content (AvgIpc) is 2.81. The summed E-state index contributed by atoms with van der Waals surface area (Å²) in [7, 11) is 1.77. The van der Waals surface area contributed by atoms with Crippen LogP contribution in [0.2, 0.25) is 0 Å². The van der Waals surface area contributed by atoms with E-state index in [9.17, 15) is 14.9 Å². The topological polar surface area (TPSA) is 123 Å². The fourth-order valence-electron chi connectivity index (χ4n) is 1.60. The van der Waals surface area contributed by atoms with Gasteiger partial charge in [-0.15, -0.1) is 0 Å². The number of nitrogens with zero attached hydrogens (tertiary/aromatic N) is 4. The molecular formula is C11H11N5O4. The van der Waals surface area contributed by atoms with Gasteiger partial charge < -0.3 is 10.4 Å². The maximum Gasteiger partial charge on any atom is 0.342 e. The van der Waals surface area contributed by atoms with Crippen molar-refractivity contribution >= 4 is 17.5 Å². The molecule has 0 bridgehead atoms. The zero-order chi connectivity index (χ0) is 14.7. The fourth-order valence-corrected chi connectivity index (χ4v) is 1.60. The predicted octanol–water partition coefficient (Wildman–Crippen LogP) is 1.03. The van der Waals surface area contributed by atoms with E-state index in [1.54, 1.807) is 24.0 Å². The number of aromatic nitrogens is 3. The van der Waals surface area contributed by atoms with Gasteiger partial charge in [-0.3, -0.25) is 14.8 Å². The number of aromatic carboxylic acids is 1. The average molecular weight is 277 g/mol. The van der Waals surface area contributed by atoms with E-state index in [2.05, 4.69) is 15.4 Å². The molecule has 0 aliphatic heterocycles. The Morgan fingerprint density at radius 1 is 1.60 bits per heavy atom. The molecule has 0 radical (unpaired) electrons. The minimum Gasteiger partial charge on any atom is -0.477 e. The molecule has 104 valence electrons. The molecule has 0 spiro atoms. The number of hydrogen-bond acceptors (Lipinski definition) is 6. The summed E-state index contributed by atoms with van der Waals surface area (Å²) < 4.78 is 1.63. The van der Waals surface area contributed by atoms with Gasteiger partial charge in [0.05, 0.1) is 17.2 Å². The lowest BCUT2D eigenvalue weighted by Gasteiger charge is -2.04. The van der Waals surface area contributed by atoms with E-state index in [0.717, 1.165) is 18.0 Å². The molecule has 2 rings (SSSR count). The third kappa shape index (κ3) is 2.88. The monoisotopic (exact) mass is 277 g/mol. The van der Waals surface area contributed by atoms with Crippen LogP contribution in [0.5, 0.6) is 0 Å². The molecule has 0 atom stereocenters. The van der Waals surface area contributed by atoms with Gasteiger partial charge in [0.1, 0.15) is 17.6 Å². The molecule has 0 amide bonds. The predicted molar refractivity (Wildman–Crippen MR) is 68.4 cm³/mol. The minimum atomic E-state index is -1.38. The highest BCUT2D eigenvalue weighted by atomic mass is 16.6. The summed E-state index contributed by atoms with van der Waals surface area (Å²) in [5, 5.41) is 26.6. The summed E-state index contributed by atoms with van der Waals surface area (Å²) in [6, 6.07) is 2.92. The zero-order valence-electron chi connectivity index (χ0n) is 10.5. The van der Waals surface area contributed by atoms with Crippen LogP contribution in [0.4, 0.5) is 11.5 Å². The summed E-state index contributed by atoms with van der Waals surface area (Å²) in [5.41, 5.74) is -0.209. The molecule has 2 aromatic rings. The van der Waals surface area contributed by atoms with Gasteiger partial charge in [-0.1, -0.05) is 0 Å². The molecule has 2 aromatic heterocycles. The lowest BCUT2D eigenvalue weighted by molar-refractivity contribution is -0.385. The van der Waals surface area contributed by atoms with Crippen LogP contribution in [-0.4, -0.2) is 30.8 Å². The number of aryl methyl sites for hydroxylation is 1. The van der Waals surface area contributed by atoms with Gasteiger partial charge >= 0.3 is 11.7 Å². The number of carbonyl (C=O) groups is 1. The van der Waals surface area contributed by atoms with E-state index >= 15 is 0 Å². The lowest BCUT2D eigenvalue weighted by Crippen LogP contribution is -2.07. The van der Waals surface area contributed by atoms with Crippen molar-refractivity contribution in [2.45, 2.75) is 6.54 Å². The summed E-state index contributed by atoms with van der Waals surface area (Å²) >= 11 is 0. The highest BCUT2D eigenvalue weighted by Gasteiger charge is 2.20. The molecule has 0 aromatic carbocycles. The molecule has 0 unspecified atom stereocenters. The quantitative estimate of drug-likeness (QED) is 0.618. The number of hydrogen-bond donors (Lipinski definition) is 2. The van der Waals surface area contributed by atoms with Crippen LogP contribution in [0.3, 0.4) is 0 Å². The largest absolute Gasteiger partial charge is 0.477 e. The molecule has 0 aliphatic rings. The molecule has 20 heavy (non-hydrogen) atoms. The van der Waals surface area contributed by atoms with Crippen LogP contribution in [0.1, 0.15) is 16.1 Å². The molecule has 0 saturated heterocycles. The summed E-state index contributed by atoms with van der Waals surface area (Å²) in [6.07, 6.45) is 2.69. The van der Waals surface area contributed by atoms with Crippen molar-refractivity contribution in [3.8, 4) is 0 Å². The van der Waals surface area contributed by atoms with Crippen molar-refractivity contribution < 1.29 is 14.8 Å². The van der Waals surface area contributed by atoms with Crippen LogP contribution in [0.15, 0.2) is 24.5 Å². The molecule has 9 heteroatoms. The minimum absolute atomic E-state index is 0.235. The third-order valence-corrected chi connectivity index (χ3v) is 2.53. The van der Waals surface area contributed by atoms with E-state index in [4.69, 9.17) is 5.11 Å². The van der Waals surface area contributed by atoms with Crippen molar-refractivity contribution in [2.24, 2.45) is 7.05 Å². The van der Waals surface area contributed by atoms with Crippen LogP contribution >= 0.6 is 0 Å². The van der Waals surface area contributed by atoms with Gasteiger partial charge in [0.25, 0.3) is 0 Å². The molecule has 2 heterocycles. The number of nitro groups is 1. The van der Waals surface area contributed by atoms with Crippen LogP contribution < -0.4 is 5.32 Å².